The zero-order valence-electron chi connectivity index (χ0n) is 20.5. The van der Waals surface area contributed by atoms with Crippen molar-refractivity contribution in [1.29, 1.82) is 0 Å². The van der Waals surface area contributed by atoms with Gasteiger partial charge in [0.15, 0.2) is 0 Å². The van der Waals surface area contributed by atoms with Crippen LogP contribution in [0.5, 0.6) is 0 Å². The van der Waals surface area contributed by atoms with E-state index in [4.69, 9.17) is 0 Å². The number of alkyl halides is 3. The summed E-state index contributed by atoms with van der Waals surface area (Å²) >= 11 is 0. The Bertz CT molecular complexity index is 806. The van der Waals surface area contributed by atoms with Gasteiger partial charge in [0.05, 0.1) is 18.3 Å². The molecule has 1 aliphatic heterocycles. The van der Waals surface area contributed by atoms with Gasteiger partial charge < -0.3 is 15.1 Å². The van der Waals surface area contributed by atoms with Gasteiger partial charge in [-0.05, 0) is 80.1 Å². The second-order valence-electron chi connectivity index (χ2n) is 11.4. The molecule has 4 fully saturated rings. The summed E-state index contributed by atoms with van der Waals surface area (Å²) in [6.45, 7) is 10.3. The molecular weight excluding hydrogens is 443 g/mol. The highest BCUT2D eigenvalue weighted by Crippen LogP contribution is 2.59. The van der Waals surface area contributed by atoms with Gasteiger partial charge in [0.2, 0.25) is 0 Å². The van der Waals surface area contributed by atoms with Crippen molar-refractivity contribution in [3.8, 4) is 0 Å². The third kappa shape index (κ3) is 5.63. The zero-order chi connectivity index (χ0) is 24.7. The summed E-state index contributed by atoms with van der Waals surface area (Å²) in [4.78, 5) is 2.15. The molecule has 3 aliphatic carbocycles. The molecular formula is C27H40F3NO3. The fraction of sp³-hybridized carbons (Fsp3) is 0.778. The lowest BCUT2D eigenvalue weighted by molar-refractivity contribution is -0.340. The molecule has 0 amide bonds. The molecule has 2 N–H and O–H groups in total. The third-order valence-corrected chi connectivity index (χ3v) is 9.10. The molecule has 2 unspecified atom stereocenters. The lowest BCUT2D eigenvalue weighted by Gasteiger charge is -2.45. The van der Waals surface area contributed by atoms with E-state index in [2.05, 4.69) is 42.2 Å². The van der Waals surface area contributed by atoms with Crippen LogP contribution in [0.3, 0.4) is 0 Å². The maximum Gasteiger partial charge on any atom is 0.522 e. The van der Waals surface area contributed by atoms with E-state index in [0.717, 1.165) is 37.8 Å². The summed E-state index contributed by atoms with van der Waals surface area (Å²) < 4.78 is 42.0. The van der Waals surface area contributed by atoms with Gasteiger partial charge >= 0.3 is 6.36 Å². The largest absolute Gasteiger partial charge is 0.522 e. The topological polar surface area (TPSA) is 52.9 Å². The van der Waals surface area contributed by atoms with Gasteiger partial charge in [-0.1, -0.05) is 43.7 Å². The second-order valence-corrected chi connectivity index (χ2v) is 11.4. The lowest BCUT2D eigenvalue weighted by atomic mass is 9.61. The van der Waals surface area contributed by atoms with Crippen LogP contribution in [0.2, 0.25) is 0 Å². The predicted molar refractivity (Wildman–Crippen MR) is 126 cm³/mol. The minimum atomic E-state index is -4.56. The molecule has 0 spiro atoms. The first kappa shape index (κ1) is 25.9. The van der Waals surface area contributed by atoms with Gasteiger partial charge in [-0.25, -0.2) is 0 Å². The van der Waals surface area contributed by atoms with Crippen LogP contribution in [-0.4, -0.2) is 59.4 Å². The molecule has 0 aromatic carbocycles. The summed E-state index contributed by atoms with van der Waals surface area (Å²) in [6, 6.07) is 0. The summed E-state index contributed by atoms with van der Waals surface area (Å²) in [5.74, 6) is 1.50. The smallest absolute Gasteiger partial charge is 0.388 e. The van der Waals surface area contributed by atoms with Crippen LogP contribution in [0, 0.1) is 23.2 Å². The Morgan fingerprint density at radius 2 is 1.88 bits per heavy atom. The Labute approximate surface area is 201 Å². The number of rotatable bonds is 5. The number of likely N-dealkylation sites (tertiary alicyclic amines) is 1. The highest BCUT2D eigenvalue weighted by Gasteiger charge is 2.51. The van der Waals surface area contributed by atoms with Crippen LogP contribution in [0.25, 0.3) is 0 Å². The minimum Gasteiger partial charge on any atom is -0.388 e. The van der Waals surface area contributed by atoms with E-state index < -0.39 is 24.7 Å². The third-order valence-electron chi connectivity index (χ3n) is 9.10. The molecule has 7 heteroatoms. The summed E-state index contributed by atoms with van der Waals surface area (Å²) in [6.07, 6.45) is 4.97. The normalized spacial score (nSPS) is 40.8. The van der Waals surface area contributed by atoms with Gasteiger partial charge in [-0.15, -0.1) is 13.2 Å². The SMILES string of the molecule is C=C1[C@H](O)C/C(=C/C=C2CCC[C@]3(C)[C@@H](C(C)CN4CCC(OC(F)(F)F)C4)CC[C@@H]23)C[C@@H]1O. The number of ether oxygens (including phenoxy) is 1. The summed E-state index contributed by atoms with van der Waals surface area (Å²) in [5.41, 5.74) is 3.27. The first-order valence-corrected chi connectivity index (χ1v) is 12.9. The highest BCUT2D eigenvalue weighted by atomic mass is 19.4. The average Bonchev–Trinajstić information content (AvgIpc) is 3.32. The number of aliphatic hydroxyl groups is 2. The minimum absolute atomic E-state index is 0.212. The molecule has 0 radical (unpaired) electrons. The molecule has 4 aliphatic rings. The number of nitrogens with zero attached hydrogens (tertiary/aromatic N) is 1. The first-order chi connectivity index (χ1) is 16.0. The fourth-order valence-electron chi connectivity index (χ4n) is 7.42. The number of allylic oxidation sites excluding steroid dienone is 3. The first-order valence-electron chi connectivity index (χ1n) is 12.9. The lowest BCUT2D eigenvalue weighted by Crippen LogP contribution is -2.39. The zero-order valence-corrected chi connectivity index (χ0v) is 20.5. The van der Waals surface area contributed by atoms with Crippen LogP contribution in [0.4, 0.5) is 13.2 Å². The molecule has 4 rings (SSSR count). The van der Waals surface area contributed by atoms with E-state index in [9.17, 15) is 23.4 Å². The van der Waals surface area contributed by atoms with E-state index in [1.807, 2.05) is 0 Å². The Morgan fingerprint density at radius 1 is 1.18 bits per heavy atom. The van der Waals surface area contributed by atoms with Gasteiger partial charge in [-0.3, -0.25) is 4.74 Å². The molecule has 0 aromatic heterocycles. The molecule has 192 valence electrons. The predicted octanol–water partition coefficient (Wildman–Crippen LogP) is 5.37. The van der Waals surface area contributed by atoms with E-state index in [1.54, 1.807) is 0 Å². The molecule has 4 nitrogen and oxygen atoms in total. The Kier molecular flexibility index (Phi) is 7.68. The van der Waals surface area contributed by atoms with E-state index in [0.29, 0.717) is 55.7 Å². The van der Waals surface area contributed by atoms with Crippen LogP contribution in [0.1, 0.15) is 65.2 Å². The number of aliphatic hydroxyl groups excluding tert-OH is 2. The number of halogens is 3. The van der Waals surface area contributed by atoms with Crippen molar-refractivity contribution in [3.63, 3.8) is 0 Å². The van der Waals surface area contributed by atoms with Crippen molar-refractivity contribution in [2.75, 3.05) is 19.6 Å². The van der Waals surface area contributed by atoms with Crippen LogP contribution in [0.15, 0.2) is 35.5 Å². The van der Waals surface area contributed by atoms with Crippen LogP contribution >= 0.6 is 0 Å². The Morgan fingerprint density at radius 3 is 2.56 bits per heavy atom. The van der Waals surface area contributed by atoms with Gasteiger partial charge in [0.1, 0.15) is 0 Å². The van der Waals surface area contributed by atoms with Gasteiger partial charge in [0.25, 0.3) is 0 Å². The molecule has 1 saturated heterocycles. The maximum absolute atomic E-state index is 12.6. The Hall–Kier alpha value is -1.15. The summed E-state index contributed by atoms with van der Waals surface area (Å²) in [7, 11) is 0. The fourth-order valence-corrected chi connectivity index (χ4v) is 7.42. The monoisotopic (exact) mass is 483 g/mol. The molecule has 3 saturated carbocycles. The molecule has 34 heavy (non-hydrogen) atoms. The van der Waals surface area contributed by atoms with E-state index >= 15 is 0 Å². The van der Waals surface area contributed by atoms with Crippen LogP contribution in [-0.2, 0) is 4.74 Å². The standard InChI is InChI=1S/C27H40F3NO3/c1-17(15-31-12-10-21(16-31)34-27(28,29)30)22-8-9-23-20(5-4-11-26(22,23)3)7-6-19-13-24(32)18(2)25(33)14-19/h6-7,17,21-25,32-33H,2,4-5,8-16H2,1,3H3/b19-6-,20-7?/t17?,21?,22-,23+,24-,25+,26-/m1/s1. The number of hydrogen-bond donors (Lipinski definition) is 2. The molecule has 0 aromatic rings. The Balaban J connectivity index is 1.39. The average molecular weight is 484 g/mol. The van der Waals surface area contributed by atoms with Crippen molar-refractivity contribution in [2.45, 2.75) is 89.9 Å². The van der Waals surface area contributed by atoms with Crippen molar-refractivity contribution >= 4 is 0 Å². The maximum atomic E-state index is 12.6. The molecule has 1 heterocycles. The van der Waals surface area contributed by atoms with Gasteiger partial charge in [0, 0.05) is 19.6 Å². The van der Waals surface area contributed by atoms with Crippen molar-refractivity contribution < 1.29 is 28.1 Å². The highest BCUT2D eigenvalue weighted by molar-refractivity contribution is 5.29. The summed E-state index contributed by atoms with van der Waals surface area (Å²) in [5, 5.41) is 20.3. The molecule has 0 bridgehead atoms. The van der Waals surface area contributed by atoms with E-state index in [-0.39, 0.29) is 5.41 Å². The number of hydrogen-bond acceptors (Lipinski definition) is 4. The van der Waals surface area contributed by atoms with Crippen molar-refractivity contribution in [3.05, 3.63) is 35.5 Å². The molecule has 7 atom stereocenters. The van der Waals surface area contributed by atoms with E-state index in [1.165, 1.54) is 12.0 Å². The quantitative estimate of drug-likeness (QED) is 0.516. The van der Waals surface area contributed by atoms with Crippen molar-refractivity contribution in [2.24, 2.45) is 23.2 Å². The number of fused-ring (bicyclic) bond motifs is 1. The second kappa shape index (κ2) is 10.1. The van der Waals surface area contributed by atoms with Gasteiger partial charge in [-0.2, -0.15) is 0 Å². The van der Waals surface area contributed by atoms with Crippen LogP contribution < -0.4 is 0 Å². The van der Waals surface area contributed by atoms with Crippen molar-refractivity contribution in [1.82, 2.24) is 4.90 Å².